The van der Waals surface area contributed by atoms with Gasteiger partial charge in [-0.3, -0.25) is 4.90 Å². The van der Waals surface area contributed by atoms with E-state index in [-0.39, 0.29) is 23.2 Å². The number of alkyl halides is 3. The number of aliphatic hydroxyl groups excluding tert-OH is 1. The van der Waals surface area contributed by atoms with Crippen molar-refractivity contribution in [3.63, 3.8) is 0 Å². The summed E-state index contributed by atoms with van der Waals surface area (Å²) in [6.45, 7) is 7.17. The molecule has 2 atom stereocenters. The van der Waals surface area contributed by atoms with E-state index in [1.165, 1.54) is 6.07 Å². The average molecular weight is 345 g/mol. The van der Waals surface area contributed by atoms with Gasteiger partial charge in [-0.05, 0) is 42.0 Å². The lowest BCUT2D eigenvalue weighted by Crippen LogP contribution is -2.47. The number of aliphatic hydroxyl groups is 1. The molecule has 1 aromatic carbocycles. The summed E-state index contributed by atoms with van der Waals surface area (Å²) < 4.78 is 41.5. The summed E-state index contributed by atoms with van der Waals surface area (Å²) in [7, 11) is 0. The fourth-order valence-corrected chi connectivity index (χ4v) is 3.31. The second kappa shape index (κ2) is 7.31. The maximum atomic E-state index is 12.2. The molecule has 2 unspecified atom stereocenters. The minimum atomic E-state index is -4.34. The van der Waals surface area contributed by atoms with Crippen molar-refractivity contribution in [2.45, 2.75) is 46.0 Å². The monoisotopic (exact) mass is 345 g/mol. The highest BCUT2D eigenvalue weighted by Crippen LogP contribution is 2.35. The molecule has 1 aliphatic heterocycles. The maximum Gasteiger partial charge on any atom is 0.422 e. The highest BCUT2D eigenvalue weighted by atomic mass is 19.4. The summed E-state index contributed by atoms with van der Waals surface area (Å²) in [6, 6.07) is 6.71. The fourth-order valence-electron chi connectivity index (χ4n) is 3.31. The lowest BCUT2D eigenvalue weighted by molar-refractivity contribution is -0.153. The van der Waals surface area contributed by atoms with E-state index in [0.29, 0.717) is 13.1 Å². The molecule has 0 spiro atoms. The van der Waals surface area contributed by atoms with Crippen LogP contribution in [0.4, 0.5) is 13.2 Å². The molecule has 24 heavy (non-hydrogen) atoms. The van der Waals surface area contributed by atoms with Crippen LogP contribution in [0, 0.1) is 11.3 Å². The first-order valence-electron chi connectivity index (χ1n) is 8.23. The van der Waals surface area contributed by atoms with Gasteiger partial charge >= 0.3 is 6.18 Å². The molecule has 1 fully saturated rings. The number of likely N-dealkylation sites (tertiary alicyclic amines) is 1. The van der Waals surface area contributed by atoms with Gasteiger partial charge in [0.1, 0.15) is 5.75 Å². The van der Waals surface area contributed by atoms with Crippen LogP contribution in [-0.4, -0.2) is 42.0 Å². The Morgan fingerprint density at radius 1 is 1.25 bits per heavy atom. The summed E-state index contributed by atoms with van der Waals surface area (Å²) in [4.78, 5) is 2.13. The van der Waals surface area contributed by atoms with Crippen LogP contribution in [0.3, 0.4) is 0 Å². The number of rotatable bonds is 4. The number of piperidine rings is 1. The van der Waals surface area contributed by atoms with Crippen molar-refractivity contribution in [2.24, 2.45) is 11.3 Å². The lowest BCUT2D eigenvalue weighted by Gasteiger charge is -2.42. The summed E-state index contributed by atoms with van der Waals surface area (Å²) in [5.74, 6) is 0.477. The fraction of sp³-hybridized carbons (Fsp3) is 0.667. The Bertz CT molecular complexity index is 540. The van der Waals surface area contributed by atoms with Gasteiger partial charge in [-0.25, -0.2) is 0 Å². The molecular formula is C18H26F3NO2. The third kappa shape index (κ3) is 5.67. The first-order valence-corrected chi connectivity index (χ1v) is 8.23. The second-order valence-corrected chi connectivity index (χ2v) is 7.61. The third-order valence-electron chi connectivity index (χ3n) is 4.49. The van der Waals surface area contributed by atoms with Crippen molar-refractivity contribution in [3.05, 3.63) is 29.8 Å². The smallest absolute Gasteiger partial charge is 0.422 e. The quantitative estimate of drug-likeness (QED) is 0.899. The van der Waals surface area contributed by atoms with Crippen LogP contribution in [0.5, 0.6) is 5.75 Å². The molecule has 1 aliphatic rings. The highest BCUT2D eigenvalue weighted by molar-refractivity contribution is 5.28. The van der Waals surface area contributed by atoms with E-state index in [9.17, 15) is 18.3 Å². The van der Waals surface area contributed by atoms with Gasteiger partial charge in [-0.1, -0.05) is 32.9 Å². The van der Waals surface area contributed by atoms with Crippen molar-refractivity contribution < 1.29 is 23.0 Å². The van der Waals surface area contributed by atoms with E-state index < -0.39 is 12.8 Å². The Morgan fingerprint density at radius 2 is 1.96 bits per heavy atom. The van der Waals surface area contributed by atoms with Crippen molar-refractivity contribution in [2.75, 3.05) is 19.7 Å². The number of hydrogen-bond acceptors (Lipinski definition) is 3. The Labute approximate surface area is 141 Å². The van der Waals surface area contributed by atoms with E-state index in [1.54, 1.807) is 12.1 Å². The van der Waals surface area contributed by atoms with Crippen LogP contribution in [0.25, 0.3) is 0 Å². The number of ether oxygens (including phenoxy) is 1. The van der Waals surface area contributed by atoms with Gasteiger partial charge in [0.05, 0.1) is 6.10 Å². The molecule has 1 aromatic rings. The van der Waals surface area contributed by atoms with Crippen LogP contribution < -0.4 is 4.74 Å². The van der Waals surface area contributed by atoms with Crippen LogP contribution in [0.15, 0.2) is 24.3 Å². The van der Waals surface area contributed by atoms with Crippen LogP contribution >= 0.6 is 0 Å². The largest absolute Gasteiger partial charge is 0.484 e. The van der Waals surface area contributed by atoms with Gasteiger partial charge in [0, 0.05) is 13.1 Å². The molecule has 0 radical (unpaired) electrons. The summed E-state index contributed by atoms with van der Waals surface area (Å²) in [5.41, 5.74) is 0.952. The molecule has 6 heteroatoms. The molecule has 136 valence electrons. The Kier molecular flexibility index (Phi) is 5.81. The molecule has 2 rings (SSSR count). The second-order valence-electron chi connectivity index (χ2n) is 7.61. The van der Waals surface area contributed by atoms with Crippen molar-refractivity contribution in [1.29, 1.82) is 0 Å². The first kappa shape index (κ1) is 19.1. The molecule has 1 saturated heterocycles. The summed E-state index contributed by atoms with van der Waals surface area (Å²) in [6.07, 6.45) is -3.81. The standard InChI is InChI=1S/C18H26F3NO2/c1-17(2,3)15-7-8-22(11-16(15)23)10-13-5-4-6-14(9-13)24-12-18(19,20)21/h4-6,9,15-16,23H,7-8,10-12H2,1-3H3. The van der Waals surface area contributed by atoms with E-state index in [1.807, 2.05) is 6.07 Å². The molecule has 0 saturated carbocycles. The minimum absolute atomic E-state index is 0.0663. The van der Waals surface area contributed by atoms with E-state index in [2.05, 4.69) is 25.7 Å². The molecule has 0 aliphatic carbocycles. The van der Waals surface area contributed by atoms with E-state index >= 15 is 0 Å². The SMILES string of the molecule is CC(C)(C)C1CCN(Cc2cccc(OCC(F)(F)F)c2)CC1O. The first-order chi connectivity index (χ1) is 11.0. The Hall–Kier alpha value is -1.27. The van der Waals surface area contributed by atoms with Gasteiger partial charge in [0.25, 0.3) is 0 Å². The number of nitrogens with zero attached hydrogens (tertiary/aromatic N) is 1. The lowest BCUT2D eigenvalue weighted by atomic mass is 9.73. The Morgan fingerprint density at radius 3 is 2.54 bits per heavy atom. The van der Waals surface area contributed by atoms with E-state index in [4.69, 9.17) is 4.74 Å². The van der Waals surface area contributed by atoms with E-state index in [0.717, 1.165) is 18.5 Å². The number of hydrogen-bond donors (Lipinski definition) is 1. The third-order valence-corrected chi connectivity index (χ3v) is 4.49. The van der Waals surface area contributed by atoms with Crippen molar-refractivity contribution in [3.8, 4) is 5.75 Å². The van der Waals surface area contributed by atoms with Gasteiger partial charge < -0.3 is 9.84 Å². The van der Waals surface area contributed by atoms with Crippen molar-refractivity contribution >= 4 is 0 Å². The van der Waals surface area contributed by atoms with Crippen molar-refractivity contribution in [1.82, 2.24) is 4.90 Å². The van der Waals surface area contributed by atoms with Gasteiger partial charge in [-0.2, -0.15) is 13.2 Å². The van der Waals surface area contributed by atoms with Gasteiger partial charge in [0.2, 0.25) is 0 Å². The highest BCUT2D eigenvalue weighted by Gasteiger charge is 2.35. The maximum absolute atomic E-state index is 12.2. The number of halogens is 3. The summed E-state index contributed by atoms with van der Waals surface area (Å²) in [5, 5.41) is 10.4. The predicted molar refractivity (Wildman–Crippen MR) is 86.8 cm³/mol. The molecule has 0 aromatic heterocycles. The average Bonchev–Trinajstić information content (AvgIpc) is 2.43. The summed E-state index contributed by atoms with van der Waals surface area (Å²) >= 11 is 0. The molecular weight excluding hydrogens is 319 g/mol. The Balaban J connectivity index is 1.93. The van der Waals surface area contributed by atoms with Crippen LogP contribution in [0.2, 0.25) is 0 Å². The topological polar surface area (TPSA) is 32.7 Å². The molecule has 0 amide bonds. The minimum Gasteiger partial charge on any atom is -0.484 e. The molecule has 0 bridgehead atoms. The van der Waals surface area contributed by atoms with Gasteiger partial charge in [-0.15, -0.1) is 0 Å². The molecule has 3 nitrogen and oxygen atoms in total. The van der Waals surface area contributed by atoms with Crippen LogP contribution in [-0.2, 0) is 6.54 Å². The molecule has 1 N–H and O–H groups in total. The zero-order valence-electron chi connectivity index (χ0n) is 14.4. The van der Waals surface area contributed by atoms with Gasteiger partial charge in [0.15, 0.2) is 6.61 Å². The zero-order chi connectivity index (χ0) is 18.0. The van der Waals surface area contributed by atoms with Crippen LogP contribution in [0.1, 0.15) is 32.8 Å². The zero-order valence-corrected chi connectivity index (χ0v) is 14.4. The number of β-amino-alcohol motifs (C(OH)–C–C–N with tert-alkyl or cyclic N) is 1. The molecule has 1 heterocycles. The number of benzene rings is 1. The predicted octanol–water partition coefficient (Wildman–Crippen LogP) is 3.86. The normalized spacial score (nSPS) is 23.3.